The maximum absolute atomic E-state index is 5.38. The van der Waals surface area contributed by atoms with Crippen molar-refractivity contribution < 1.29 is 4.74 Å². The van der Waals surface area contributed by atoms with E-state index in [1.807, 2.05) is 0 Å². The Kier molecular flexibility index (Phi) is 3.06. The molecule has 0 radical (unpaired) electrons. The van der Waals surface area contributed by atoms with Gasteiger partial charge in [-0.1, -0.05) is 6.07 Å². The Labute approximate surface area is 103 Å². The van der Waals surface area contributed by atoms with Crippen LogP contribution in [0.25, 0.3) is 0 Å². The van der Waals surface area contributed by atoms with Crippen LogP contribution in [0.2, 0.25) is 0 Å². The Bertz CT molecular complexity index is 402. The Morgan fingerprint density at radius 3 is 3.12 bits per heavy atom. The van der Waals surface area contributed by atoms with Crippen LogP contribution in [-0.4, -0.2) is 20.2 Å². The lowest BCUT2D eigenvalue weighted by atomic mass is 9.73. The first-order valence-corrected chi connectivity index (χ1v) is 6.76. The van der Waals surface area contributed by atoms with Gasteiger partial charge in [0.05, 0.1) is 7.11 Å². The van der Waals surface area contributed by atoms with E-state index in [4.69, 9.17) is 4.74 Å². The van der Waals surface area contributed by atoms with Gasteiger partial charge in [-0.05, 0) is 73.9 Å². The Morgan fingerprint density at radius 2 is 2.24 bits per heavy atom. The summed E-state index contributed by atoms with van der Waals surface area (Å²) in [6, 6.07) is 6.65. The first-order valence-electron chi connectivity index (χ1n) is 6.76. The largest absolute Gasteiger partial charge is 0.497 e. The maximum Gasteiger partial charge on any atom is 0.119 e. The van der Waals surface area contributed by atoms with Crippen LogP contribution in [0.1, 0.15) is 36.3 Å². The summed E-state index contributed by atoms with van der Waals surface area (Å²) >= 11 is 0. The second-order valence-corrected chi connectivity index (χ2v) is 5.32. The number of benzene rings is 1. The summed E-state index contributed by atoms with van der Waals surface area (Å²) in [4.78, 5) is 0. The quantitative estimate of drug-likeness (QED) is 0.802. The number of rotatable bonds is 1. The van der Waals surface area contributed by atoms with Gasteiger partial charge in [-0.15, -0.1) is 0 Å². The van der Waals surface area contributed by atoms with Crippen LogP contribution in [-0.2, 0) is 6.42 Å². The zero-order valence-corrected chi connectivity index (χ0v) is 10.5. The van der Waals surface area contributed by atoms with Gasteiger partial charge in [0.1, 0.15) is 5.75 Å². The van der Waals surface area contributed by atoms with Crippen LogP contribution in [0, 0.1) is 5.92 Å². The summed E-state index contributed by atoms with van der Waals surface area (Å²) in [5.41, 5.74) is 3.11. The molecular weight excluding hydrogens is 210 g/mol. The van der Waals surface area contributed by atoms with Crippen LogP contribution >= 0.6 is 0 Å². The van der Waals surface area contributed by atoms with Gasteiger partial charge in [-0.3, -0.25) is 0 Å². The van der Waals surface area contributed by atoms with Crippen molar-refractivity contribution in [3.63, 3.8) is 0 Å². The van der Waals surface area contributed by atoms with Crippen LogP contribution in [0.3, 0.4) is 0 Å². The molecule has 1 fully saturated rings. The summed E-state index contributed by atoms with van der Waals surface area (Å²) in [5, 5.41) is 3.57. The molecule has 2 nitrogen and oxygen atoms in total. The van der Waals surface area contributed by atoms with Gasteiger partial charge in [0.25, 0.3) is 0 Å². The fourth-order valence-electron chi connectivity index (χ4n) is 3.44. The van der Waals surface area contributed by atoms with Crippen molar-refractivity contribution in [1.29, 1.82) is 0 Å². The molecule has 1 saturated heterocycles. The number of aryl methyl sites for hydroxylation is 1. The zero-order valence-electron chi connectivity index (χ0n) is 10.5. The second kappa shape index (κ2) is 4.69. The highest BCUT2D eigenvalue weighted by atomic mass is 16.5. The fourth-order valence-corrected chi connectivity index (χ4v) is 3.44. The van der Waals surface area contributed by atoms with Crippen LogP contribution in [0.4, 0.5) is 0 Å². The molecule has 2 atom stereocenters. The molecule has 92 valence electrons. The summed E-state index contributed by atoms with van der Waals surface area (Å²) in [5.74, 6) is 2.60. The highest BCUT2D eigenvalue weighted by Crippen LogP contribution is 2.41. The smallest absolute Gasteiger partial charge is 0.119 e. The van der Waals surface area contributed by atoms with E-state index in [1.54, 1.807) is 18.2 Å². The van der Waals surface area contributed by atoms with E-state index in [9.17, 15) is 0 Å². The van der Waals surface area contributed by atoms with Crippen molar-refractivity contribution >= 4 is 0 Å². The molecule has 1 aliphatic heterocycles. The first-order chi connectivity index (χ1) is 8.38. The molecule has 0 amide bonds. The Hall–Kier alpha value is -1.02. The Balaban J connectivity index is 1.96. The van der Waals surface area contributed by atoms with E-state index in [0.29, 0.717) is 0 Å². The van der Waals surface area contributed by atoms with Gasteiger partial charge >= 0.3 is 0 Å². The zero-order chi connectivity index (χ0) is 11.7. The van der Waals surface area contributed by atoms with E-state index in [2.05, 4.69) is 23.5 Å². The SMILES string of the molecule is COc1ccc2c(c1)C1CCCNCC1CC2. The van der Waals surface area contributed by atoms with Gasteiger partial charge in [-0.25, -0.2) is 0 Å². The van der Waals surface area contributed by atoms with Crippen LogP contribution in [0.15, 0.2) is 18.2 Å². The molecule has 3 rings (SSSR count). The first kappa shape index (κ1) is 11.1. The van der Waals surface area contributed by atoms with Crippen LogP contribution in [0.5, 0.6) is 5.75 Å². The van der Waals surface area contributed by atoms with Crippen molar-refractivity contribution in [2.75, 3.05) is 20.2 Å². The minimum Gasteiger partial charge on any atom is -0.497 e. The van der Waals surface area contributed by atoms with Gasteiger partial charge in [0.15, 0.2) is 0 Å². The molecule has 1 aliphatic carbocycles. The number of hydrogen-bond acceptors (Lipinski definition) is 2. The molecule has 0 saturated carbocycles. The molecule has 1 aromatic rings. The third kappa shape index (κ3) is 2.06. The average Bonchev–Trinajstić information content (AvgIpc) is 2.63. The molecule has 1 N–H and O–H groups in total. The number of nitrogens with one attached hydrogen (secondary N) is 1. The third-order valence-corrected chi connectivity index (χ3v) is 4.38. The monoisotopic (exact) mass is 231 g/mol. The van der Waals surface area contributed by atoms with Crippen molar-refractivity contribution in [2.45, 2.75) is 31.6 Å². The molecule has 17 heavy (non-hydrogen) atoms. The molecule has 2 heteroatoms. The molecule has 1 aromatic carbocycles. The number of ether oxygens (including phenoxy) is 1. The summed E-state index contributed by atoms with van der Waals surface area (Å²) in [6.07, 6.45) is 5.22. The molecule has 0 spiro atoms. The molecule has 1 heterocycles. The number of methoxy groups -OCH3 is 1. The molecular formula is C15H21NO. The van der Waals surface area contributed by atoms with Gasteiger partial charge in [0, 0.05) is 0 Å². The second-order valence-electron chi connectivity index (χ2n) is 5.32. The number of hydrogen-bond donors (Lipinski definition) is 1. The standard InChI is InChI=1S/C15H21NO/c1-17-13-7-6-11-4-5-12-10-16-8-2-3-14(12)15(11)9-13/h6-7,9,12,14,16H,2-5,8,10H2,1H3. The van der Waals surface area contributed by atoms with Crippen molar-refractivity contribution in [2.24, 2.45) is 5.92 Å². The molecule has 2 aliphatic rings. The summed E-state index contributed by atoms with van der Waals surface area (Å²) in [7, 11) is 1.76. The van der Waals surface area contributed by atoms with Gasteiger partial charge < -0.3 is 10.1 Å². The predicted octanol–water partition coefficient (Wildman–Crippen LogP) is 2.72. The van der Waals surface area contributed by atoms with Crippen LogP contribution < -0.4 is 10.1 Å². The maximum atomic E-state index is 5.38. The average molecular weight is 231 g/mol. The molecule has 0 aromatic heterocycles. The van der Waals surface area contributed by atoms with E-state index in [1.165, 1.54) is 38.8 Å². The van der Waals surface area contributed by atoms with E-state index >= 15 is 0 Å². The highest BCUT2D eigenvalue weighted by molar-refractivity contribution is 5.40. The normalized spacial score (nSPS) is 27.8. The van der Waals surface area contributed by atoms with Crippen molar-refractivity contribution in [1.82, 2.24) is 5.32 Å². The highest BCUT2D eigenvalue weighted by Gasteiger charge is 2.30. The fraction of sp³-hybridized carbons (Fsp3) is 0.600. The van der Waals surface area contributed by atoms with E-state index in [-0.39, 0.29) is 0 Å². The lowest BCUT2D eigenvalue weighted by Gasteiger charge is -2.32. The summed E-state index contributed by atoms with van der Waals surface area (Å²) < 4.78 is 5.38. The van der Waals surface area contributed by atoms with Crippen molar-refractivity contribution in [3.05, 3.63) is 29.3 Å². The topological polar surface area (TPSA) is 21.3 Å². The molecule has 0 bridgehead atoms. The predicted molar refractivity (Wildman–Crippen MR) is 69.6 cm³/mol. The molecule has 2 unspecified atom stereocenters. The Morgan fingerprint density at radius 1 is 1.29 bits per heavy atom. The van der Waals surface area contributed by atoms with E-state index < -0.39 is 0 Å². The third-order valence-electron chi connectivity index (χ3n) is 4.38. The van der Waals surface area contributed by atoms with E-state index in [0.717, 1.165) is 17.6 Å². The summed E-state index contributed by atoms with van der Waals surface area (Å²) in [6.45, 7) is 2.38. The minimum absolute atomic E-state index is 0.754. The minimum atomic E-state index is 0.754. The van der Waals surface area contributed by atoms with Gasteiger partial charge in [-0.2, -0.15) is 0 Å². The lowest BCUT2D eigenvalue weighted by molar-refractivity contribution is 0.364. The van der Waals surface area contributed by atoms with Crippen molar-refractivity contribution in [3.8, 4) is 5.75 Å². The van der Waals surface area contributed by atoms with Gasteiger partial charge in [0.2, 0.25) is 0 Å². The lowest BCUT2D eigenvalue weighted by Crippen LogP contribution is -2.27. The number of fused-ring (bicyclic) bond motifs is 3.